The molecule has 29 heavy (non-hydrogen) atoms. The van der Waals surface area contributed by atoms with E-state index in [-0.39, 0.29) is 6.61 Å². The van der Waals surface area contributed by atoms with Crippen molar-refractivity contribution in [2.75, 3.05) is 7.11 Å². The van der Waals surface area contributed by atoms with Crippen LogP contribution >= 0.6 is 0 Å². The summed E-state index contributed by atoms with van der Waals surface area (Å²) in [7, 11) is -0.137. The second-order valence-electron chi connectivity index (χ2n) is 8.63. The normalized spacial score (nSPS) is 12.1. The fourth-order valence-corrected chi connectivity index (χ4v) is 6.49. The van der Waals surface area contributed by atoms with E-state index in [0.29, 0.717) is 0 Å². The number of nitrogens with zero attached hydrogens (tertiary/aromatic N) is 2. The van der Waals surface area contributed by atoms with Gasteiger partial charge in [0, 0.05) is 33.0 Å². The summed E-state index contributed by atoms with van der Waals surface area (Å²) in [5.41, 5.74) is 6.27. The van der Waals surface area contributed by atoms with Crippen molar-refractivity contribution in [3.8, 4) is 11.4 Å². The molecule has 0 amide bonds. The fourth-order valence-electron chi connectivity index (χ4n) is 4.48. The number of hydrogen-bond donors (Lipinski definition) is 1. The first-order valence-corrected chi connectivity index (χ1v) is 13.5. The van der Waals surface area contributed by atoms with Crippen molar-refractivity contribution in [3.63, 3.8) is 0 Å². The van der Waals surface area contributed by atoms with Crippen molar-refractivity contribution in [3.05, 3.63) is 59.3 Å². The quantitative estimate of drug-likeness (QED) is 0.495. The van der Waals surface area contributed by atoms with Crippen LogP contribution in [0.2, 0.25) is 19.6 Å². The van der Waals surface area contributed by atoms with Crippen LogP contribution in [0.3, 0.4) is 0 Å². The highest BCUT2D eigenvalue weighted by Crippen LogP contribution is 2.36. The minimum atomic E-state index is -1.82. The van der Waals surface area contributed by atoms with Gasteiger partial charge in [-0.2, -0.15) is 0 Å². The molecule has 0 saturated heterocycles. The number of ether oxygens (including phenoxy) is 1. The topological polar surface area (TPSA) is 47.3 Å². The third kappa shape index (κ3) is 2.96. The zero-order valence-electron chi connectivity index (χ0n) is 18.0. The van der Waals surface area contributed by atoms with Crippen LogP contribution in [0.15, 0.2) is 42.5 Å². The highest BCUT2D eigenvalue weighted by atomic mass is 28.3. The lowest BCUT2D eigenvalue weighted by Crippen LogP contribution is -2.44. The number of pyridine rings is 1. The number of benzene rings is 2. The molecule has 0 atom stereocenters. The van der Waals surface area contributed by atoms with Gasteiger partial charge in [0.1, 0.15) is 11.3 Å². The Kier molecular flexibility index (Phi) is 4.75. The molecule has 0 aliphatic carbocycles. The molecule has 2 heterocycles. The van der Waals surface area contributed by atoms with Gasteiger partial charge in [0.05, 0.1) is 27.3 Å². The van der Waals surface area contributed by atoms with Gasteiger partial charge >= 0.3 is 0 Å². The van der Waals surface area contributed by atoms with Crippen LogP contribution in [0, 0.1) is 13.8 Å². The van der Waals surface area contributed by atoms with Crippen LogP contribution in [-0.2, 0) is 6.61 Å². The van der Waals surface area contributed by atoms with E-state index in [4.69, 9.17) is 9.72 Å². The molecule has 0 fully saturated rings. The van der Waals surface area contributed by atoms with Crippen LogP contribution < -0.4 is 10.1 Å². The molecule has 1 N–H and O–H groups in total. The Hall–Kier alpha value is -2.63. The standard InChI is InChI=1S/C24H28N2O2Si/c1-15-10-7-8-12-19(15)26-23-17-11-9-13-20(28-3)22(17)25-16(2)21(23)18(14-27)24(26)29(4,5)6/h7-13,27H,14H2,1-6H3. The smallest absolute Gasteiger partial charge is 0.145 e. The third-order valence-corrected chi connectivity index (χ3v) is 7.56. The van der Waals surface area contributed by atoms with E-state index in [0.717, 1.165) is 44.5 Å². The first-order chi connectivity index (χ1) is 13.8. The van der Waals surface area contributed by atoms with Gasteiger partial charge in [0.2, 0.25) is 0 Å². The van der Waals surface area contributed by atoms with E-state index < -0.39 is 8.07 Å². The van der Waals surface area contributed by atoms with Gasteiger partial charge in [-0.3, -0.25) is 0 Å². The Morgan fingerprint density at radius 2 is 1.76 bits per heavy atom. The number of aryl methyl sites for hydroxylation is 2. The minimum Gasteiger partial charge on any atom is -0.494 e. The Balaban J connectivity index is 2.35. The first-order valence-electron chi connectivity index (χ1n) is 9.97. The summed E-state index contributed by atoms with van der Waals surface area (Å²) in [5.74, 6) is 0.769. The predicted molar refractivity (Wildman–Crippen MR) is 124 cm³/mol. The molecule has 0 aliphatic rings. The lowest BCUT2D eigenvalue weighted by Gasteiger charge is -2.23. The highest BCUT2D eigenvalue weighted by molar-refractivity contribution is 6.89. The van der Waals surface area contributed by atoms with Crippen molar-refractivity contribution in [2.24, 2.45) is 0 Å². The van der Waals surface area contributed by atoms with E-state index >= 15 is 0 Å². The van der Waals surface area contributed by atoms with Gasteiger partial charge in [0.15, 0.2) is 0 Å². The second kappa shape index (κ2) is 7.01. The molecule has 4 aromatic rings. The number of aromatic nitrogens is 2. The molecular formula is C24H28N2O2Si. The van der Waals surface area contributed by atoms with Crippen LogP contribution in [0.1, 0.15) is 16.8 Å². The number of methoxy groups -OCH3 is 1. The monoisotopic (exact) mass is 404 g/mol. The summed E-state index contributed by atoms with van der Waals surface area (Å²) < 4.78 is 8.01. The molecule has 4 rings (SSSR count). The highest BCUT2D eigenvalue weighted by Gasteiger charge is 2.31. The summed E-state index contributed by atoms with van der Waals surface area (Å²) in [4.78, 5) is 4.90. The molecule has 0 unspecified atom stereocenters. The Morgan fingerprint density at radius 3 is 2.38 bits per heavy atom. The number of hydrogen-bond acceptors (Lipinski definition) is 3. The predicted octanol–water partition coefficient (Wildman–Crippen LogP) is 4.84. The Morgan fingerprint density at radius 1 is 1.03 bits per heavy atom. The Bertz CT molecular complexity index is 1240. The summed E-state index contributed by atoms with van der Waals surface area (Å²) in [5, 5.41) is 13.8. The summed E-state index contributed by atoms with van der Waals surface area (Å²) in [6.45, 7) is 11.2. The Labute approximate surface area is 172 Å². The van der Waals surface area contributed by atoms with Gasteiger partial charge in [-0.1, -0.05) is 50.0 Å². The van der Waals surface area contributed by atoms with Crippen molar-refractivity contribution in [2.45, 2.75) is 40.1 Å². The average molecular weight is 405 g/mol. The van der Waals surface area contributed by atoms with E-state index in [1.807, 2.05) is 19.1 Å². The molecule has 2 aromatic carbocycles. The maximum absolute atomic E-state index is 10.5. The molecule has 0 saturated carbocycles. The molecule has 0 bridgehead atoms. The summed E-state index contributed by atoms with van der Waals surface area (Å²) in [6.07, 6.45) is 0. The van der Waals surface area contributed by atoms with Crippen molar-refractivity contribution >= 4 is 35.2 Å². The van der Waals surface area contributed by atoms with Crippen molar-refractivity contribution < 1.29 is 9.84 Å². The van der Waals surface area contributed by atoms with Gasteiger partial charge < -0.3 is 14.4 Å². The lowest BCUT2D eigenvalue weighted by atomic mass is 10.1. The van der Waals surface area contributed by atoms with Crippen LogP contribution in [0.25, 0.3) is 27.5 Å². The molecule has 4 nitrogen and oxygen atoms in total. The van der Waals surface area contributed by atoms with Crippen molar-refractivity contribution in [1.29, 1.82) is 0 Å². The summed E-state index contributed by atoms with van der Waals surface area (Å²) >= 11 is 0. The zero-order valence-corrected chi connectivity index (χ0v) is 19.0. The van der Waals surface area contributed by atoms with Gasteiger partial charge in [-0.25, -0.2) is 4.98 Å². The molecule has 5 heteroatoms. The minimum absolute atomic E-state index is 0.00692. The SMILES string of the molecule is COc1cccc2c1nc(C)c1c(CO)c([Si](C)(C)C)n(-c3ccccc3C)c12. The third-order valence-electron chi connectivity index (χ3n) is 5.61. The van der Waals surface area contributed by atoms with Gasteiger partial charge in [-0.15, -0.1) is 0 Å². The maximum Gasteiger partial charge on any atom is 0.145 e. The molecule has 0 spiro atoms. The van der Waals surface area contributed by atoms with Crippen molar-refractivity contribution in [1.82, 2.24) is 9.55 Å². The maximum atomic E-state index is 10.5. The van der Waals surface area contributed by atoms with E-state index in [9.17, 15) is 5.11 Å². The number of rotatable bonds is 4. The number of para-hydroxylation sites is 2. The first kappa shape index (κ1) is 19.7. The average Bonchev–Trinajstić information content (AvgIpc) is 3.04. The number of aliphatic hydroxyl groups is 1. The van der Waals surface area contributed by atoms with E-state index in [1.54, 1.807) is 7.11 Å². The van der Waals surface area contributed by atoms with Gasteiger partial charge in [0.25, 0.3) is 0 Å². The molecule has 2 aromatic heterocycles. The lowest BCUT2D eigenvalue weighted by molar-refractivity contribution is 0.284. The second-order valence-corrected chi connectivity index (χ2v) is 13.6. The van der Waals surface area contributed by atoms with Crippen LogP contribution in [0.5, 0.6) is 5.75 Å². The molecular weight excluding hydrogens is 376 g/mol. The van der Waals surface area contributed by atoms with E-state index in [2.05, 4.69) is 61.5 Å². The van der Waals surface area contributed by atoms with E-state index in [1.165, 1.54) is 10.9 Å². The zero-order chi connectivity index (χ0) is 20.9. The van der Waals surface area contributed by atoms with Crippen LogP contribution in [-0.4, -0.2) is 29.8 Å². The summed E-state index contributed by atoms with van der Waals surface area (Å²) in [6, 6.07) is 14.5. The molecule has 0 aliphatic heterocycles. The van der Waals surface area contributed by atoms with Gasteiger partial charge in [-0.05, 0) is 31.5 Å². The largest absolute Gasteiger partial charge is 0.494 e. The number of aliphatic hydroxyl groups excluding tert-OH is 1. The fraction of sp³-hybridized carbons (Fsp3) is 0.292. The molecule has 150 valence electrons. The molecule has 0 radical (unpaired) electrons. The van der Waals surface area contributed by atoms with Crippen LogP contribution in [0.4, 0.5) is 0 Å². The number of fused-ring (bicyclic) bond motifs is 3.